The minimum Gasteiger partial charge on any atom is -0.381 e. The van der Waals surface area contributed by atoms with Gasteiger partial charge in [0, 0.05) is 87.2 Å². The third kappa shape index (κ3) is 8.81. The molecule has 2 aliphatic rings. The third-order valence-electron chi connectivity index (χ3n) is 11.0. The second kappa shape index (κ2) is 18.2. The van der Waals surface area contributed by atoms with Gasteiger partial charge in [0.15, 0.2) is 11.3 Å². The number of carbonyl (C=O) groups is 2. The van der Waals surface area contributed by atoms with E-state index in [2.05, 4.69) is 59.2 Å². The Morgan fingerprint density at radius 2 is 1.11 bits per heavy atom. The lowest BCUT2D eigenvalue weighted by Gasteiger charge is -2.26. The van der Waals surface area contributed by atoms with Gasteiger partial charge in [0.1, 0.15) is 0 Å². The van der Waals surface area contributed by atoms with Crippen LogP contribution in [0.4, 0.5) is 11.4 Å². The molecule has 1 aromatic carbocycles. The summed E-state index contributed by atoms with van der Waals surface area (Å²) in [6, 6.07) is 8.27. The van der Waals surface area contributed by atoms with Gasteiger partial charge in [-0.25, -0.2) is 19.3 Å². The summed E-state index contributed by atoms with van der Waals surface area (Å²) >= 11 is 0. The van der Waals surface area contributed by atoms with Crippen molar-refractivity contribution in [1.29, 1.82) is 0 Å². The van der Waals surface area contributed by atoms with E-state index in [1.165, 1.54) is 0 Å². The van der Waals surface area contributed by atoms with E-state index in [0.717, 1.165) is 145 Å². The number of fused-ring (bicyclic) bond motifs is 2. The van der Waals surface area contributed by atoms with E-state index < -0.39 is 0 Å². The predicted octanol–water partition coefficient (Wildman–Crippen LogP) is 5.24. The Hall–Kier alpha value is -5.08. The Morgan fingerprint density at radius 1 is 0.679 bits per heavy atom. The molecular formula is C42H56N10O4. The molecule has 2 fully saturated rings. The van der Waals surface area contributed by atoms with E-state index in [1.807, 2.05) is 46.0 Å². The number of aryl methyl sites for hydroxylation is 4. The van der Waals surface area contributed by atoms with Crippen LogP contribution in [-0.4, -0.2) is 79.9 Å². The van der Waals surface area contributed by atoms with Gasteiger partial charge in [-0.3, -0.25) is 9.59 Å². The van der Waals surface area contributed by atoms with Crippen molar-refractivity contribution in [3.8, 4) is 0 Å². The quantitative estimate of drug-likeness (QED) is 0.105. The van der Waals surface area contributed by atoms with Gasteiger partial charge in [-0.05, 0) is 63.5 Å². The fourth-order valence-electron chi connectivity index (χ4n) is 7.92. The van der Waals surface area contributed by atoms with E-state index in [-0.39, 0.29) is 36.7 Å². The SMILES string of the molecule is CCc1nc2c(cnn2CC)c(NC2CCOCC2)c1CNC(=O)Cc1cccc(CC(=O)NCc2c(CC)nc3c(cnn3CC)c2NC2CCOCC2)c1. The van der Waals surface area contributed by atoms with Crippen LogP contribution in [0.3, 0.4) is 0 Å². The van der Waals surface area contributed by atoms with E-state index in [1.54, 1.807) is 0 Å². The van der Waals surface area contributed by atoms with Crippen molar-refractivity contribution < 1.29 is 19.1 Å². The summed E-state index contributed by atoms with van der Waals surface area (Å²) in [4.78, 5) is 36.9. The molecule has 2 amide bonds. The number of ether oxygens (including phenoxy) is 2. The van der Waals surface area contributed by atoms with Gasteiger partial charge in [-0.15, -0.1) is 0 Å². The Bertz CT molecular complexity index is 2000. The molecular weight excluding hydrogens is 709 g/mol. The summed E-state index contributed by atoms with van der Waals surface area (Å²) in [6.07, 6.45) is 9.27. The number of hydrogen-bond donors (Lipinski definition) is 4. The van der Waals surface area contributed by atoms with Crippen molar-refractivity contribution in [3.63, 3.8) is 0 Å². The first-order valence-corrected chi connectivity index (χ1v) is 20.4. The minimum atomic E-state index is -0.0963. The van der Waals surface area contributed by atoms with E-state index >= 15 is 0 Å². The van der Waals surface area contributed by atoms with Gasteiger partial charge >= 0.3 is 0 Å². The second-order valence-electron chi connectivity index (χ2n) is 14.7. The number of anilines is 2. The largest absolute Gasteiger partial charge is 0.381 e. The van der Waals surface area contributed by atoms with Crippen molar-refractivity contribution in [2.24, 2.45) is 0 Å². The first-order valence-electron chi connectivity index (χ1n) is 20.4. The topological polar surface area (TPSA) is 162 Å². The molecule has 298 valence electrons. The van der Waals surface area contributed by atoms with Crippen LogP contribution in [0.5, 0.6) is 0 Å². The average Bonchev–Trinajstić information content (AvgIpc) is 3.84. The minimum absolute atomic E-state index is 0.0963. The maximum absolute atomic E-state index is 13.5. The van der Waals surface area contributed by atoms with Crippen LogP contribution in [-0.2, 0) is 70.9 Å². The highest BCUT2D eigenvalue weighted by Crippen LogP contribution is 2.33. The normalized spacial score (nSPS) is 15.4. The summed E-state index contributed by atoms with van der Waals surface area (Å²) in [5.41, 5.74) is 9.27. The second-order valence-corrected chi connectivity index (χ2v) is 14.7. The van der Waals surface area contributed by atoms with E-state index in [9.17, 15) is 9.59 Å². The maximum Gasteiger partial charge on any atom is 0.224 e. The molecule has 14 heteroatoms. The number of rotatable bonds is 16. The predicted molar refractivity (Wildman–Crippen MR) is 218 cm³/mol. The number of pyridine rings is 2. The highest BCUT2D eigenvalue weighted by atomic mass is 16.5. The first kappa shape index (κ1) is 39.2. The van der Waals surface area contributed by atoms with Crippen LogP contribution in [0.2, 0.25) is 0 Å². The number of nitrogens with zero attached hydrogens (tertiary/aromatic N) is 6. The van der Waals surface area contributed by atoms with Crippen LogP contribution in [0.1, 0.15) is 87.0 Å². The van der Waals surface area contributed by atoms with Crippen LogP contribution >= 0.6 is 0 Å². The molecule has 4 aromatic heterocycles. The number of hydrogen-bond acceptors (Lipinski definition) is 10. The van der Waals surface area contributed by atoms with Gasteiger partial charge in [0.05, 0.1) is 47.4 Å². The number of amides is 2. The molecule has 0 saturated carbocycles. The molecule has 0 aliphatic carbocycles. The van der Waals surface area contributed by atoms with Crippen molar-refractivity contribution >= 4 is 45.3 Å². The van der Waals surface area contributed by atoms with Crippen molar-refractivity contribution in [3.05, 3.63) is 70.3 Å². The Kier molecular flexibility index (Phi) is 12.8. The molecule has 6 heterocycles. The zero-order chi connectivity index (χ0) is 39.0. The smallest absolute Gasteiger partial charge is 0.224 e. The molecule has 0 spiro atoms. The average molecular weight is 765 g/mol. The summed E-state index contributed by atoms with van der Waals surface area (Å²) < 4.78 is 15.1. The molecule has 2 aliphatic heterocycles. The fourth-order valence-corrected chi connectivity index (χ4v) is 7.92. The monoisotopic (exact) mass is 764 g/mol. The molecule has 0 bridgehead atoms. The Balaban J connectivity index is 1.02. The van der Waals surface area contributed by atoms with Crippen molar-refractivity contribution in [1.82, 2.24) is 40.2 Å². The summed E-state index contributed by atoms with van der Waals surface area (Å²) in [7, 11) is 0. The van der Waals surface area contributed by atoms with Gasteiger partial charge in [0.25, 0.3) is 0 Å². The Morgan fingerprint density at radius 3 is 1.50 bits per heavy atom. The van der Waals surface area contributed by atoms with E-state index in [0.29, 0.717) is 13.1 Å². The molecule has 14 nitrogen and oxygen atoms in total. The molecule has 0 radical (unpaired) electrons. The standard InChI is InChI=1S/C42H56N10O4/c1-5-35-31(39(47-29-12-16-55-17-13-29)33-25-45-51(7-3)41(33)49-35)23-43-37(53)21-27-10-9-11-28(20-27)22-38(54)44-24-32-36(6-2)50-42-34(26-46-52(42)8-4)40(32)48-30-14-18-56-19-15-30/h9-11,20,25-26,29-30H,5-8,12-19,21-24H2,1-4H3,(H,43,53)(H,44,54)(H,47,49)(H,48,50). The molecule has 7 rings (SSSR count). The highest BCUT2D eigenvalue weighted by molar-refractivity contribution is 5.93. The number of benzene rings is 1. The lowest BCUT2D eigenvalue weighted by molar-refractivity contribution is -0.121. The molecule has 4 N–H and O–H groups in total. The zero-order valence-corrected chi connectivity index (χ0v) is 33.2. The van der Waals surface area contributed by atoms with E-state index in [4.69, 9.17) is 19.4 Å². The zero-order valence-electron chi connectivity index (χ0n) is 33.2. The molecule has 5 aromatic rings. The van der Waals surface area contributed by atoms with Crippen LogP contribution in [0, 0.1) is 0 Å². The summed E-state index contributed by atoms with van der Waals surface area (Å²) in [6.45, 7) is 13.4. The lowest BCUT2D eigenvalue weighted by atomic mass is 10.0. The molecule has 0 atom stereocenters. The Labute approximate surface area is 328 Å². The number of carbonyl (C=O) groups excluding carboxylic acids is 2. The van der Waals surface area contributed by atoms with Crippen LogP contribution in [0.25, 0.3) is 22.1 Å². The molecule has 2 saturated heterocycles. The van der Waals surface area contributed by atoms with Gasteiger partial charge in [-0.1, -0.05) is 38.1 Å². The van der Waals surface area contributed by atoms with Crippen molar-refractivity contribution in [2.75, 3.05) is 37.1 Å². The van der Waals surface area contributed by atoms with Crippen LogP contribution in [0.15, 0.2) is 36.7 Å². The molecule has 56 heavy (non-hydrogen) atoms. The fraction of sp³-hybridized carbons (Fsp3) is 0.524. The third-order valence-corrected chi connectivity index (χ3v) is 11.0. The van der Waals surface area contributed by atoms with Crippen molar-refractivity contribution in [2.45, 2.75) is 117 Å². The lowest BCUT2D eigenvalue weighted by Crippen LogP contribution is -2.30. The molecule has 0 unspecified atom stereocenters. The van der Waals surface area contributed by atoms with Gasteiger partial charge < -0.3 is 30.7 Å². The summed E-state index contributed by atoms with van der Waals surface area (Å²) in [5.74, 6) is -0.193. The van der Waals surface area contributed by atoms with Gasteiger partial charge in [-0.2, -0.15) is 10.2 Å². The van der Waals surface area contributed by atoms with Crippen LogP contribution < -0.4 is 21.3 Å². The van der Waals surface area contributed by atoms with Gasteiger partial charge in [0.2, 0.25) is 11.8 Å². The summed E-state index contributed by atoms with van der Waals surface area (Å²) in [5, 5.41) is 25.0. The first-order chi connectivity index (χ1) is 27.4. The number of aromatic nitrogens is 6. The number of nitrogens with one attached hydrogen (secondary N) is 4. The maximum atomic E-state index is 13.5. The highest BCUT2D eigenvalue weighted by Gasteiger charge is 2.24.